The molecule has 0 fully saturated rings. The highest BCUT2D eigenvalue weighted by molar-refractivity contribution is 5.75. The highest BCUT2D eigenvalue weighted by Gasteiger charge is 2.34. The molecule has 3 N–H and O–H groups in total. The number of alkyl carbamates (subject to hydrolysis) is 2. The molecule has 0 bridgehead atoms. The second-order valence-electron chi connectivity index (χ2n) is 7.55. The lowest BCUT2D eigenvalue weighted by atomic mass is 9.87. The van der Waals surface area contributed by atoms with Gasteiger partial charge in [-0.3, -0.25) is 4.79 Å². The standard InChI is InChI=1S/C20H26N2O6/c1-20(2,3)28-19(26)21-14-9-10-16(15(11-14)17(23)24)22-18(25)27-12-13-7-5-4-6-8-13/h4-10,14-16H,11-12H2,1-3H3,(H,21,26)(H,22,25)(H,23,24)/t14-,15+,16-/m1/s1. The van der Waals surface area contributed by atoms with Gasteiger partial charge in [0.05, 0.1) is 18.0 Å². The predicted octanol–water partition coefficient (Wildman–Crippen LogP) is 2.84. The second kappa shape index (κ2) is 9.25. The smallest absolute Gasteiger partial charge is 0.408 e. The molecule has 2 rings (SSSR count). The first-order valence-corrected chi connectivity index (χ1v) is 9.02. The van der Waals surface area contributed by atoms with E-state index in [2.05, 4.69) is 10.6 Å². The average Bonchev–Trinajstić information content (AvgIpc) is 2.60. The van der Waals surface area contributed by atoms with Crippen LogP contribution in [0.25, 0.3) is 0 Å². The van der Waals surface area contributed by atoms with Crippen molar-refractivity contribution in [2.75, 3.05) is 0 Å². The second-order valence-corrected chi connectivity index (χ2v) is 7.55. The van der Waals surface area contributed by atoms with E-state index < -0.39 is 41.8 Å². The van der Waals surface area contributed by atoms with E-state index in [1.54, 1.807) is 32.9 Å². The molecular formula is C20H26N2O6. The van der Waals surface area contributed by atoms with Gasteiger partial charge in [0, 0.05) is 0 Å². The van der Waals surface area contributed by atoms with Crippen LogP contribution in [-0.4, -0.2) is 40.9 Å². The molecule has 0 saturated carbocycles. The first-order valence-electron chi connectivity index (χ1n) is 9.02. The summed E-state index contributed by atoms with van der Waals surface area (Å²) in [4.78, 5) is 35.5. The van der Waals surface area contributed by atoms with Crippen LogP contribution in [0, 0.1) is 5.92 Å². The van der Waals surface area contributed by atoms with Gasteiger partial charge in [0.2, 0.25) is 0 Å². The van der Waals surface area contributed by atoms with Gasteiger partial charge in [-0.1, -0.05) is 42.5 Å². The number of carbonyl (C=O) groups excluding carboxylic acids is 2. The number of ether oxygens (including phenoxy) is 2. The summed E-state index contributed by atoms with van der Waals surface area (Å²) in [7, 11) is 0. The molecule has 0 aliphatic heterocycles. The average molecular weight is 390 g/mol. The van der Waals surface area contributed by atoms with Crippen molar-refractivity contribution in [2.45, 2.75) is 51.5 Å². The molecule has 1 aromatic rings. The lowest BCUT2D eigenvalue weighted by molar-refractivity contribution is -0.142. The normalized spacial score (nSPS) is 21.5. The molecule has 0 spiro atoms. The molecule has 0 aromatic heterocycles. The topological polar surface area (TPSA) is 114 Å². The van der Waals surface area contributed by atoms with Crippen molar-refractivity contribution in [1.29, 1.82) is 0 Å². The van der Waals surface area contributed by atoms with Crippen LogP contribution in [-0.2, 0) is 20.9 Å². The fourth-order valence-electron chi connectivity index (χ4n) is 2.76. The van der Waals surface area contributed by atoms with Crippen LogP contribution in [0.4, 0.5) is 9.59 Å². The van der Waals surface area contributed by atoms with E-state index >= 15 is 0 Å². The van der Waals surface area contributed by atoms with Crippen molar-refractivity contribution in [3.8, 4) is 0 Å². The Hall–Kier alpha value is -3.03. The van der Waals surface area contributed by atoms with Crippen LogP contribution in [0.1, 0.15) is 32.8 Å². The Morgan fingerprint density at radius 2 is 1.75 bits per heavy atom. The Balaban J connectivity index is 1.91. The number of hydrogen-bond donors (Lipinski definition) is 3. The van der Waals surface area contributed by atoms with Gasteiger partial charge >= 0.3 is 18.2 Å². The zero-order valence-electron chi connectivity index (χ0n) is 16.2. The van der Waals surface area contributed by atoms with E-state index in [0.717, 1.165) is 5.56 Å². The minimum Gasteiger partial charge on any atom is -0.481 e. The van der Waals surface area contributed by atoms with E-state index in [1.807, 2.05) is 30.3 Å². The van der Waals surface area contributed by atoms with Crippen LogP contribution in [0.5, 0.6) is 0 Å². The summed E-state index contributed by atoms with van der Waals surface area (Å²) in [5.74, 6) is -1.98. The SMILES string of the molecule is CC(C)(C)OC(=O)N[C@@H]1C=C[C@@H](NC(=O)OCc2ccccc2)[C@@H](C(=O)O)C1. The third kappa shape index (κ3) is 6.94. The van der Waals surface area contributed by atoms with Crippen LogP contribution < -0.4 is 10.6 Å². The van der Waals surface area contributed by atoms with Crippen LogP contribution in [0.15, 0.2) is 42.5 Å². The van der Waals surface area contributed by atoms with Crippen LogP contribution in [0.2, 0.25) is 0 Å². The predicted molar refractivity (Wildman–Crippen MR) is 102 cm³/mol. The summed E-state index contributed by atoms with van der Waals surface area (Å²) in [5, 5.41) is 14.7. The quantitative estimate of drug-likeness (QED) is 0.666. The number of carbonyl (C=O) groups is 3. The Bertz CT molecular complexity index is 726. The molecule has 0 saturated heterocycles. The third-order valence-electron chi connectivity index (χ3n) is 4.01. The van der Waals surface area contributed by atoms with Crippen molar-refractivity contribution >= 4 is 18.2 Å². The van der Waals surface area contributed by atoms with Gasteiger partial charge in [-0.05, 0) is 32.8 Å². The molecule has 1 aromatic carbocycles. The number of rotatable bonds is 5. The molecule has 8 heteroatoms. The summed E-state index contributed by atoms with van der Waals surface area (Å²) in [6.07, 6.45) is 1.98. The first kappa shape index (κ1) is 21.3. The lowest BCUT2D eigenvalue weighted by Gasteiger charge is -2.30. The lowest BCUT2D eigenvalue weighted by Crippen LogP contribution is -2.49. The van der Waals surface area contributed by atoms with Gasteiger partial charge in [-0.25, -0.2) is 9.59 Å². The Labute approximate surface area is 163 Å². The number of benzene rings is 1. The number of carboxylic acid groups (broad SMARTS) is 1. The van der Waals surface area contributed by atoms with E-state index in [1.165, 1.54) is 0 Å². The maximum absolute atomic E-state index is 12.0. The molecule has 0 radical (unpaired) electrons. The minimum atomic E-state index is -1.08. The van der Waals surface area contributed by atoms with E-state index in [4.69, 9.17) is 9.47 Å². The van der Waals surface area contributed by atoms with Crippen LogP contribution in [0.3, 0.4) is 0 Å². The van der Waals surface area contributed by atoms with Crippen molar-refractivity contribution in [3.63, 3.8) is 0 Å². The molecule has 3 atom stereocenters. The number of amides is 2. The molecule has 28 heavy (non-hydrogen) atoms. The first-order chi connectivity index (χ1) is 13.1. The van der Waals surface area contributed by atoms with Gasteiger partial charge in [-0.2, -0.15) is 0 Å². The van der Waals surface area contributed by atoms with Gasteiger partial charge in [-0.15, -0.1) is 0 Å². The Morgan fingerprint density at radius 3 is 2.36 bits per heavy atom. The molecule has 0 heterocycles. The van der Waals surface area contributed by atoms with Crippen molar-refractivity contribution in [2.24, 2.45) is 5.92 Å². The van der Waals surface area contributed by atoms with Gasteiger partial charge in [0.25, 0.3) is 0 Å². The summed E-state index contributed by atoms with van der Waals surface area (Å²) in [6, 6.07) is 7.92. The molecular weight excluding hydrogens is 364 g/mol. The molecule has 1 aliphatic carbocycles. The highest BCUT2D eigenvalue weighted by Crippen LogP contribution is 2.21. The summed E-state index contributed by atoms with van der Waals surface area (Å²) in [5.41, 5.74) is 0.176. The zero-order chi connectivity index (χ0) is 20.7. The Morgan fingerprint density at radius 1 is 1.07 bits per heavy atom. The number of aliphatic carboxylic acids is 1. The monoisotopic (exact) mass is 390 g/mol. The van der Waals surface area contributed by atoms with Gasteiger partial charge < -0.3 is 25.2 Å². The summed E-state index contributed by atoms with van der Waals surface area (Å²) in [6.45, 7) is 5.31. The van der Waals surface area contributed by atoms with E-state index in [-0.39, 0.29) is 13.0 Å². The van der Waals surface area contributed by atoms with E-state index in [9.17, 15) is 19.5 Å². The number of hydrogen-bond acceptors (Lipinski definition) is 5. The largest absolute Gasteiger partial charge is 0.481 e. The maximum atomic E-state index is 12.0. The molecule has 8 nitrogen and oxygen atoms in total. The molecule has 1 aliphatic rings. The van der Waals surface area contributed by atoms with E-state index in [0.29, 0.717) is 0 Å². The van der Waals surface area contributed by atoms with Crippen LogP contribution >= 0.6 is 0 Å². The third-order valence-corrected chi connectivity index (χ3v) is 4.01. The Kier molecular flexibility index (Phi) is 7.03. The van der Waals surface area contributed by atoms with Crippen molar-refractivity contribution in [3.05, 3.63) is 48.0 Å². The van der Waals surface area contributed by atoms with Crippen molar-refractivity contribution < 1.29 is 29.0 Å². The number of nitrogens with one attached hydrogen (secondary N) is 2. The summed E-state index contributed by atoms with van der Waals surface area (Å²) >= 11 is 0. The molecule has 0 unspecified atom stereocenters. The summed E-state index contributed by atoms with van der Waals surface area (Å²) < 4.78 is 10.3. The zero-order valence-corrected chi connectivity index (χ0v) is 16.2. The molecule has 152 valence electrons. The van der Waals surface area contributed by atoms with Gasteiger partial charge in [0.1, 0.15) is 12.2 Å². The minimum absolute atomic E-state index is 0.0870. The fourth-order valence-corrected chi connectivity index (χ4v) is 2.76. The van der Waals surface area contributed by atoms with Gasteiger partial charge in [0.15, 0.2) is 0 Å². The molecule has 2 amide bonds. The fraction of sp³-hybridized carbons (Fsp3) is 0.450. The maximum Gasteiger partial charge on any atom is 0.408 e. The highest BCUT2D eigenvalue weighted by atomic mass is 16.6. The number of carboxylic acids is 1. The van der Waals surface area contributed by atoms with Crippen molar-refractivity contribution in [1.82, 2.24) is 10.6 Å².